The standard InChI is InChI=1S/C16H23BrN2/c17-15-4-1-3-14(9-15)11-19(10-13-6-7-13)12-16-5-2-8-18-16/h1,3-4,9,13,16,18H,2,5-8,10-12H2. The van der Waals surface area contributed by atoms with E-state index in [4.69, 9.17) is 0 Å². The van der Waals surface area contributed by atoms with Crippen LogP contribution in [-0.2, 0) is 6.54 Å². The van der Waals surface area contributed by atoms with E-state index in [0.717, 1.165) is 12.5 Å². The van der Waals surface area contributed by atoms with Gasteiger partial charge in [-0.25, -0.2) is 0 Å². The summed E-state index contributed by atoms with van der Waals surface area (Å²) in [6, 6.07) is 9.45. The molecule has 1 saturated heterocycles. The fourth-order valence-electron chi connectivity index (χ4n) is 2.99. The molecule has 0 radical (unpaired) electrons. The van der Waals surface area contributed by atoms with Gasteiger partial charge in [0.2, 0.25) is 0 Å². The molecule has 1 N–H and O–H groups in total. The van der Waals surface area contributed by atoms with Gasteiger partial charge in [-0.05, 0) is 55.8 Å². The van der Waals surface area contributed by atoms with Crippen LogP contribution in [0.1, 0.15) is 31.2 Å². The number of halogens is 1. The summed E-state index contributed by atoms with van der Waals surface area (Å²) in [4.78, 5) is 2.66. The van der Waals surface area contributed by atoms with Crippen molar-refractivity contribution in [2.45, 2.75) is 38.3 Å². The highest BCUT2D eigenvalue weighted by Crippen LogP contribution is 2.30. The van der Waals surface area contributed by atoms with Crippen LogP contribution in [0.25, 0.3) is 0 Å². The largest absolute Gasteiger partial charge is 0.313 e. The van der Waals surface area contributed by atoms with E-state index in [-0.39, 0.29) is 0 Å². The molecule has 2 fully saturated rings. The number of nitrogens with one attached hydrogen (secondary N) is 1. The summed E-state index contributed by atoms with van der Waals surface area (Å²) in [5.41, 5.74) is 1.42. The molecule has 2 aliphatic rings. The molecule has 1 aromatic carbocycles. The minimum Gasteiger partial charge on any atom is -0.313 e. The van der Waals surface area contributed by atoms with E-state index in [0.29, 0.717) is 6.04 Å². The lowest BCUT2D eigenvalue weighted by atomic mass is 10.1. The summed E-state index contributed by atoms with van der Waals surface area (Å²) in [5.74, 6) is 0.966. The van der Waals surface area contributed by atoms with Gasteiger partial charge in [0, 0.05) is 30.1 Å². The second-order valence-electron chi connectivity index (χ2n) is 6.06. The van der Waals surface area contributed by atoms with Crippen LogP contribution in [0.5, 0.6) is 0 Å². The molecule has 1 aliphatic carbocycles. The maximum absolute atomic E-state index is 3.63. The van der Waals surface area contributed by atoms with Crippen molar-refractivity contribution in [2.75, 3.05) is 19.6 Å². The van der Waals surface area contributed by atoms with Gasteiger partial charge in [0.1, 0.15) is 0 Å². The van der Waals surface area contributed by atoms with E-state index in [9.17, 15) is 0 Å². The van der Waals surface area contributed by atoms with Crippen LogP contribution in [0, 0.1) is 5.92 Å². The van der Waals surface area contributed by atoms with Crippen molar-refractivity contribution in [3.8, 4) is 0 Å². The van der Waals surface area contributed by atoms with Crippen LogP contribution < -0.4 is 5.32 Å². The van der Waals surface area contributed by atoms with E-state index in [1.165, 1.54) is 55.4 Å². The first-order valence-electron chi connectivity index (χ1n) is 7.50. The molecular weight excluding hydrogens is 300 g/mol. The quantitative estimate of drug-likeness (QED) is 0.863. The third kappa shape index (κ3) is 4.30. The van der Waals surface area contributed by atoms with E-state index in [1.807, 2.05) is 0 Å². The Morgan fingerprint density at radius 2 is 2.11 bits per heavy atom. The Hall–Kier alpha value is -0.380. The van der Waals surface area contributed by atoms with Gasteiger partial charge < -0.3 is 5.32 Å². The average Bonchev–Trinajstić information content (AvgIpc) is 3.03. The smallest absolute Gasteiger partial charge is 0.0234 e. The average molecular weight is 323 g/mol. The fraction of sp³-hybridized carbons (Fsp3) is 0.625. The summed E-state index contributed by atoms with van der Waals surface area (Å²) in [6.45, 7) is 4.79. The summed E-state index contributed by atoms with van der Waals surface area (Å²) >= 11 is 3.57. The van der Waals surface area contributed by atoms with Gasteiger partial charge in [-0.3, -0.25) is 4.90 Å². The number of hydrogen-bond donors (Lipinski definition) is 1. The highest BCUT2D eigenvalue weighted by Gasteiger charge is 2.26. The maximum Gasteiger partial charge on any atom is 0.0234 e. The molecule has 3 heteroatoms. The van der Waals surface area contributed by atoms with Gasteiger partial charge in [-0.15, -0.1) is 0 Å². The molecule has 1 heterocycles. The first-order chi connectivity index (χ1) is 9.29. The molecule has 1 aliphatic heterocycles. The van der Waals surface area contributed by atoms with E-state index < -0.39 is 0 Å². The zero-order valence-electron chi connectivity index (χ0n) is 11.4. The van der Waals surface area contributed by atoms with Crippen LogP contribution in [0.4, 0.5) is 0 Å². The third-order valence-electron chi connectivity index (χ3n) is 4.15. The molecule has 2 nitrogen and oxygen atoms in total. The topological polar surface area (TPSA) is 15.3 Å². The second kappa shape index (κ2) is 6.38. The van der Waals surface area contributed by atoms with Crippen molar-refractivity contribution in [3.05, 3.63) is 34.3 Å². The van der Waals surface area contributed by atoms with Crippen molar-refractivity contribution >= 4 is 15.9 Å². The fourth-order valence-corrected chi connectivity index (χ4v) is 3.43. The van der Waals surface area contributed by atoms with E-state index >= 15 is 0 Å². The lowest BCUT2D eigenvalue weighted by Crippen LogP contribution is -2.38. The lowest BCUT2D eigenvalue weighted by molar-refractivity contribution is 0.232. The zero-order chi connectivity index (χ0) is 13.1. The highest BCUT2D eigenvalue weighted by atomic mass is 79.9. The van der Waals surface area contributed by atoms with E-state index in [2.05, 4.69) is 50.4 Å². The number of rotatable bonds is 6. The molecule has 0 spiro atoms. The number of benzene rings is 1. The Morgan fingerprint density at radius 1 is 1.21 bits per heavy atom. The van der Waals surface area contributed by atoms with Crippen LogP contribution in [-0.4, -0.2) is 30.6 Å². The van der Waals surface area contributed by atoms with Crippen molar-refractivity contribution < 1.29 is 0 Å². The van der Waals surface area contributed by atoms with Crippen LogP contribution in [0.2, 0.25) is 0 Å². The van der Waals surface area contributed by atoms with Crippen molar-refractivity contribution in [3.63, 3.8) is 0 Å². The normalized spacial score (nSPS) is 23.2. The lowest BCUT2D eigenvalue weighted by Gasteiger charge is -2.26. The second-order valence-corrected chi connectivity index (χ2v) is 6.98. The van der Waals surface area contributed by atoms with Gasteiger partial charge in [-0.2, -0.15) is 0 Å². The SMILES string of the molecule is Brc1cccc(CN(CC2CC2)CC2CCCN2)c1. The molecule has 0 amide bonds. The van der Waals surface area contributed by atoms with Gasteiger partial charge in [0.15, 0.2) is 0 Å². The van der Waals surface area contributed by atoms with Crippen molar-refractivity contribution in [1.82, 2.24) is 10.2 Å². The van der Waals surface area contributed by atoms with E-state index in [1.54, 1.807) is 0 Å². The molecule has 1 unspecified atom stereocenters. The Bertz CT molecular complexity index is 411. The van der Waals surface area contributed by atoms with Gasteiger partial charge in [0.05, 0.1) is 0 Å². The molecule has 19 heavy (non-hydrogen) atoms. The van der Waals surface area contributed by atoms with Gasteiger partial charge >= 0.3 is 0 Å². The van der Waals surface area contributed by atoms with Crippen LogP contribution in [0.3, 0.4) is 0 Å². The van der Waals surface area contributed by atoms with Crippen LogP contribution >= 0.6 is 15.9 Å². The predicted octanol–water partition coefficient (Wildman–Crippen LogP) is 3.41. The Balaban J connectivity index is 1.60. The van der Waals surface area contributed by atoms with Crippen molar-refractivity contribution in [1.29, 1.82) is 0 Å². The molecule has 1 atom stereocenters. The maximum atomic E-state index is 3.63. The van der Waals surface area contributed by atoms with Gasteiger partial charge in [0.25, 0.3) is 0 Å². The highest BCUT2D eigenvalue weighted by molar-refractivity contribution is 9.10. The summed E-state index contributed by atoms with van der Waals surface area (Å²) < 4.78 is 1.19. The summed E-state index contributed by atoms with van der Waals surface area (Å²) in [5, 5.41) is 3.63. The minimum atomic E-state index is 0.714. The Kier molecular flexibility index (Phi) is 4.57. The number of hydrogen-bond acceptors (Lipinski definition) is 2. The first-order valence-corrected chi connectivity index (χ1v) is 8.29. The summed E-state index contributed by atoms with van der Waals surface area (Å²) in [7, 11) is 0. The Morgan fingerprint density at radius 3 is 2.79 bits per heavy atom. The first kappa shape index (κ1) is 13.6. The van der Waals surface area contributed by atoms with Gasteiger partial charge in [-0.1, -0.05) is 28.1 Å². The third-order valence-corrected chi connectivity index (χ3v) is 4.64. The minimum absolute atomic E-state index is 0.714. The monoisotopic (exact) mass is 322 g/mol. The Labute approximate surface area is 124 Å². The molecule has 104 valence electrons. The van der Waals surface area contributed by atoms with Crippen LogP contribution in [0.15, 0.2) is 28.7 Å². The molecule has 0 bridgehead atoms. The number of nitrogens with zero attached hydrogens (tertiary/aromatic N) is 1. The molecular formula is C16H23BrN2. The molecule has 1 saturated carbocycles. The summed E-state index contributed by atoms with van der Waals surface area (Å²) in [6.07, 6.45) is 5.57. The molecule has 1 aromatic rings. The zero-order valence-corrected chi connectivity index (χ0v) is 13.0. The predicted molar refractivity (Wildman–Crippen MR) is 83.2 cm³/mol. The van der Waals surface area contributed by atoms with Crippen molar-refractivity contribution in [2.24, 2.45) is 5.92 Å². The molecule has 3 rings (SSSR count). The molecule has 0 aromatic heterocycles.